The molecule has 13 nitrogen and oxygen atoms in total. The third-order valence-corrected chi connectivity index (χ3v) is 16.1. The molecule has 1 heterocycles. The van der Waals surface area contributed by atoms with Crippen molar-refractivity contribution in [3.05, 3.63) is 11.6 Å². The molecule has 302 valence electrons. The smallest absolute Gasteiger partial charge is 0.335 e. The summed E-state index contributed by atoms with van der Waals surface area (Å²) >= 11 is 0. The quantitative estimate of drug-likeness (QED) is 0.101. The predicted octanol–water partition coefficient (Wildman–Crippen LogP) is 2.15. The number of hydrogen-bond acceptors (Lipinski definition) is 12. The molecule has 6 aliphatic rings. The number of carboxylic acids is 1. The van der Waals surface area contributed by atoms with Gasteiger partial charge in [-0.25, -0.2) is 4.79 Å². The van der Waals surface area contributed by atoms with Crippen molar-refractivity contribution in [3.8, 4) is 0 Å². The lowest BCUT2D eigenvalue weighted by Gasteiger charge is -2.69. The van der Waals surface area contributed by atoms with E-state index in [1.165, 1.54) is 0 Å². The Bertz CT molecular complexity index is 1430. The molecule has 0 spiro atoms. The van der Waals surface area contributed by atoms with E-state index in [2.05, 4.69) is 19.9 Å². The summed E-state index contributed by atoms with van der Waals surface area (Å²) in [5.41, 5.74) is -2.13. The van der Waals surface area contributed by atoms with Crippen LogP contribution in [-0.4, -0.2) is 121 Å². The number of aliphatic hydroxyl groups excluding tert-OH is 7. The van der Waals surface area contributed by atoms with E-state index in [-0.39, 0.29) is 59.6 Å². The van der Waals surface area contributed by atoms with E-state index in [1.54, 1.807) is 6.92 Å². The number of allylic oxidation sites excluding steroid dienone is 2. The second-order valence-electron chi connectivity index (χ2n) is 19.1. The van der Waals surface area contributed by atoms with Crippen molar-refractivity contribution in [1.82, 2.24) is 0 Å². The van der Waals surface area contributed by atoms with E-state index in [0.29, 0.717) is 32.1 Å². The van der Waals surface area contributed by atoms with Gasteiger partial charge in [0, 0.05) is 5.41 Å². The summed E-state index contributed by atoms with van der Waals surface area (Å²) in [6, 6.07) is 0. The van der Waals surface area contributed by atoms with Crippen LogP contribution in [0.25, 0.3) is 0 Å². The zero-order valence-electron chi connectivity index (χ0n) is 32.4. The first-order valence-electron chi connectivity index (χ1n) is 19.7. The zero-order chi connectivity index (χ0) is 39.2. The lowest BCUT2D eigenvalue weighted by atomic mass is 9.36. The van der Waals surface area contributed by atoms with Crippen LogP contribution in [0, 0.1) is 56.7 Å². The predicted molar refractivity (Wildman–Crippen MR) is 190 cm³/mol. The molecule has 0 aromatic rings. The highest BCUT2D eigenvalue weighted by atomic mass is 16.7. The van der Waals surface area contributed by atoms with E-state index < -0.39 is 77.3 Å². The SMILES string of the molecule is CC[C@H](C)C(=O)OC[C@@]12C(CC(C)(C)[C@@H](O)[C@@H]1O)C1=CC[C@H]3[C@@](C)(CCC4[C@](C)(CO)[C@@H](O[C@@H]5O[C@H](C(=O)O)[C@@H](O)[C@H](O)[C@H]5O)CC[C@@]43C)[C@@H]1C[C@@H]2O. The minimum atomic E-state index is -1.84. The standard InChI is InChI=1S/C40H64O13/c1-8-19(2)34(50)51-18-40-22(16-36(3,4)31(46)32(40)47)20-9-10-23-37(5,21(20)15-25(40)42)13-11-24-38(23,6)14-12-26(39(24,7)17-41)52-35-29(45)27(43)28(44)30(53-35)33(48)49/h9,19,21-32,35,41-47H,8,10-18H2,1-7H3,(H,48,49)/t19-,21+,22?,23-,24?,25-,26-,27-,28-,29+,30-,31-,32-,35+,37-,38+,39-,40-/m0/s1. The van der Waals surface area contributed by atoms with Gasteiger partial charge in [0.2, 0.25) is 0 Å². The van der Waals surface area contributed by atoms with Crippen molar-refractivity contribution < 1.29 is 64.7 Å². The Kier molecular flexibility index (Phi) is 10.9. The molecular formula is C40H64O13. The number of carbonyl (C=O) groups is 2. The van der Waals surface area contributed by atoms with Crippen molar-refractivity contribution in [1.29, 1.82) is 0 Å². The molecule has 6 rings (SSSR count). The van der Waals surface area contributed by atoms with Gasteiger partial charge in [0.25, 0.3) is 0 Å². The largest absolute Gasteiger partial charge is 0.479 e. The van der Waals surface area contributed by atoms with E-state index >= 15 is 0 Å². The lowest BCUT2D eigenvalue weighted by Crippen LogP contribution is -2.70. The Morgan fingerprint density at radius 2 is 1.57 bits per heavy atom. The van der Waals surface area contributed by atoms with Crippen LogP contribution < -0.4 is 0 Å². The number of rotatable bonds is 8. The van der Waals surface area contributed by atoms with Crippen molar-refractivity contribution in [2.75, 3.05) is 13.2 Å². The Balaban J connectivity index is 1.31. The van der Waals surface area contributed by atoms with Crippen molar-refractivity contribution in [2.45, 2.75) is 155 Å². The summed E-state index contributed by atoms with van der Waals surface area (Å²) < 4.78 is 17.6. The van der Waals surface area contributed by atoms with Gasteiger partial charge in [-0.15, -0.1) is 0 Å². The molecule has 5 aliphatic carbocycles. The summed E-state index contributed by atoms with van der Waals surface area (Å²) in [7, 11) is 0. The highest BCUT2D eigenvalue weighted by Crippen LogP contribution is 2.72. The van der Waals surface area contributed by atoms with Crippen LogP contribution in [0.5, 0.6) is 0 Å². The second-order valence-corrected chi connectivity index (χ2v) is 19.1. The number of aliphatic hydroxyl groups is 7. The molecule has 53 heavy (non-hydrogen) atoms. The maximum atomic E-state index is 12.9. The summed E-state index contributed by atoms with van der Waals surface area (Å²) in [5, 5.41) is 87.6. The summed E-state index contributed by atoms with van der Waals surface area (Å²) in [5.74, 6) is -2.47. The van der Waals surface area contributed by atoms with Gasteiger partial charge < -0.3 is 55.1 Å². The number of carbonyl (C=O) groups excluding carboxylic acids is 1. The van der Waals surface area contributed by atoms with Crippen molar-refractivity contribution >= 4 is 11.9 Å². The van der Waals surface area contributed by atoms with E-state index in [1.807, 2.05) is 27.7 Å². The van der Waals surface area contributed by atoms with Crippen LogP contribution in [0.3, 0.4) is 0 Å². The van der Waals surface area contributed by atoms with Crippen molar-refractivity contribution in [2.24, 2.45) is 56.7 Å². The van der Waals surface area contributed by atoms with Gasteiger partial charge in [-0.1, -0.05) is 60.1 Å². The number of ether oxygens (including phenoxy) is 3. The van der Waals surface area contributed by atoms with Crippen LogP contribution in [0.1, 0.15) is 99.8 Å². The summed E-state index contributed by atoms with van der Waals surface area (Å²) in [4.78, 5) is 24.7. The van der Waals surface area contributed by atoms with Gasteiger partial charge in [-0.3, -0.25) is 4.79 Å². The molecule has 1 saturated heterocycles. The summed E-state index contributed by atoms with van der Waals surface area (Å²) in [6.07, 6.45) is -5.61. The van der Waals surface area contributed by atoms with Crippen LogP contribution in [0.15, 0.2) is 11.6 Å². The number of esters is 1. The van der Waals surface area contributed by atoms with Crippen LogP contribution in [-0.2, 0) is 23.8 Å². The van der Waals surface area contributed by atoms with Gasteiger partial charge in [-0.05, 0) is 91.3 Å². The minimum Gasteiger partial charge on any atom is -0.479 e. The van der Waals surface area contributed by atoms with Crippen LogP contribution in [0.4, 0.5) is 0 Å². The number of carboxylic acid groups (broad SMARTS) is 1. The average molecular weight is 753 g/mol. The number of fused-ring (bicyclic) bond motifs is 7. The fourth-order valence-electron chi connectivity index (χ4n) is 12.5. The first-order chi connectivity index (χ1) is 24.6. The van der Waals surface area contributed by atoms with Crippen LogP contribution in [0.2, 0.25) is 0 Å². The highest BCUT2D eigenvalue weighted by molar-refractivity contribution is 5.73. The number of hydrogen-bond donors (Lipinski definition) is 8. The molecule has 1 aliphatic heterocycles. The Morgan fingerprint density at radius 1 is 0.906 bits per heavy atom. The molecule has 4 saturated carbocycles. The maximum absolute atomic E-state index is 12.9. The van der Waals surface area contributed by atoms with Gasteiger partial charge in [0.15, 0.2) is 12.4 Å². The third-order valence-electron chi connectivity index (χ3n) is 16.1. The molecule has 0 bridgehead atoms. The topological polar surface area (TPSA) is 224 Å². The molecule has 0 aromatic heterocycles. The molecule has 8 N–H and O–H groups in total. The zero-order valence-corrected chi connectivity index (χ0v) is 32.4. The Morgan fingerprint density at radius 3 is 2.19 bits per heavy atom. The first kappa shape index (κ1) is 41.0. The average Bonchev–Trinajstić information content (AvgIpc) is 3.10. The minimum absolute atomic E-state index is 0.0309. The second kappa shape index (κ2) is 14.1. The molecule has 5 fully saturated rings. The van der Waals surface area contributed by atoms with E-state index in [4.69, 9.17) is 14.2 Å². The fourth-order valence-corrected chi connectivity index (χ4v) is 12.5. The highest BCUT2D eigenvalue weighted by Gasteiger charge is 2.70. The van der Waals surface area contributed by atoms with E-state index in [9.17, 15) is 50.4 Å². The van der Waals surface area contributed by atoms with Gasteiger partial charge in [0.05, 0.1) is 42.4 Å². The molecule has 18 atom stereocenters. The Labute approximate surface area is 312 Å². The van der Waals surface area contributed by atoms with Gasteiger partial charge >= 0.3 is 11.9 Å². The van der Waals surface area contributed by atoms with E-state index in [0.717, 1.165) is 24.8 Å². The summed E-state index contributed by atoms with van der Waals surface area (Å²) in [6.45, 7) is 13.7. The molecule has 2 unspecified atom stereocenters. The normalized spacial score (nSPS) is 51.1. The van der Waals surface area contributed by atoms with Crippen LogP contribution >= 0.6 is 0 Å². The molecular weight excluding hydrogens is 688 g/mol. The third kappa shape index (κ3) is 6.05. The molecule has 13 heteroatoms. The van der Waals surface area contributed by atoms with Crippen molar-refractivity contribution in [3.63, 3.8) is 0 Å². The van der Waals surface area contributed by atoms with Gasteiger partial charge in [-0.2, -0.15) is 0 Å². The Hall–Kier alpha value is -1.68. The van der Waals surface area contributed by atoms with Gasteiger partial charge in [0.1, 0.15) is 24.9 Å². The number of aliphatic carboxylic acids is 1. The fraction of sp³-hybridized carbons (Fsp3) is 0.900. The lowest BCUT2D eigenvalue weighted by molar-refractivity contribution is -0.327. The monoisotopic (exact) mass is 752 g/mol. The molecule has 0 aromatic carbocycles. The maximum Gasteiger partial charge on any atom is 0.335 e. The first-order valence-corrected chi connectivity index (χ1v) is 19.7. The molecule has 0 amide bonds. The molecule has 0 radical (unpaired) electrons.